The van der Waals surface area contributed by atoms with Crippen molar-refractivity contribution in [3.8, 4) is 0 Å². The number of thiol groups is 1. The number of esters is 1. The number of hydrogen-bond acceptors (Lipinski definition) is 20. The van der Waals surface area contributed by atoms with Crippen LogP contribution in [-0.2, 0) is 48.7 Å². The van der Waals surface area contributed by atoms with Crippen molar-refractivity contribution in [2.24, 2.45) is 17.8 Å². The molecule has 4 heterocycles. The number of cyclic esters (lactones) is 1. The van der Waals surface area contributed by atoms with Crippen LogP contribution >= 0.6 is 0 Å². The molecule has 3 saturated heterocycles. The topological polar surface area (TPSA) is 251 Å². The molecule has 0 spiro atoms. The number of carbonyl (C=O) groups is 1. The van der Waals surface area contributed by atoms with Gasteiger partial charge < -0.3 is 73.9 Å². The molecule has 1 aromatic rings. The molecule has 1 aromatic carbocycles. The van der Waals surface area contributed by atoms with Gasteiger partial charge >= 0.3 is 5.97 Å². The van der Waals surface area contributed by atoms with E-state index in [1.54, 1.807) is 71.8 Å². The van der Waals surface area contributed by atoms with Gasteiger partial charge in [-0.25, -0.2) is 12.8 Å². The van der Waals surface area contributed by atoms with Gasteiger partial charge in [0.05, 0.1) is 46.4 Å². The lowest BCUT2D eigenvalue weighted by Crippen LogP contribution is -2.61. The van der Waals surface area contributed by atoms with Crippen LogP contribution in [0.5, 0.6) is 0 Å². The van der Waals surface area contributed by atoms with E-state index in [2.05, 4.69) is 11.0 Å². The van der Waals surface area contributed by atoms with E-state index in [0.29, 0.717) is 31.5 Å². The SMILES string of the molecule is CC[C@H]1OC(=O)[C@H](C)[C@@H](O[C@H]2C[C@@](C)(OC)[C@@H](O)[C@H](C)O2)[C@H](C)[C@@H](O[C@@H]2O[C@H](C)C[C@H](N(C)CCC3=CN([C@H](CF)[C@H](OC)c4ccc([SH](=O)=O)cc4)NN3)[C@H]2O)[C@](C)(O)C[C@@H](C)CN(C)[C@H](C)[C@@H](O)[C@]1(C)O. The largest absolute Gasteiger partial charge is 0.459 e. The molecule has 0 radical (unpaired) electrons. The molecule has 73 heavy (non-hydrogen) atoms. The van der Waals surface area contributed by atoms with Crippen molar-refractivity contribution >= 4 is 16.7 Å². The summed E-state index contributed by atoms with van der Waals surface area (Å²) in [7, 11) is 3.87. The predicted molar refractivity (Wildman–Crippen MR) is 268 cm³/mol. The fraction of sp³-hybridized carbons (Fsp3) is 0.824. The number of hydrogen-bond donors (Lipinski definition) is 8. The fourth-order valence-electron chi connectivity index (χ4n) is 11.4. The normalized spacial score (nSPS) is 40.6. The highest BCUT2D eigenvalue weighted by atomic mass is 32.2. The van der Waals surface area contributed by atoms with Crippen LogP contribution in [0.15, 0.2) is 41.1 Å². The Bertz CT molecular complexity index is 2030. The van der Waals surface area contributed by atoms with E-state index in [0.717, 1.165) is 5.70 Å². The minimum absolute atomic E-state index is 0.0756. The summed E-state index contributed by atoms with van der Waals surface area (Å²) in [6.07, 6.45) is -8.13. The zero-order chi connectivity index (χ0) is 54.5. The Labute approximate surface area is 433 Å². The van der Waals surface area contributed by atoms with E-state index >= 15 is 0 Å². The third-order valence-electron chi connectivity index (χ3n) is 16.0. The van der Waals surface area contributed by atoms with E-state index in [4.69, 9.17) is 33.2 Å². The van der Waals surface area contributed by atoms with Crippen molar-refractivity contribution in [2.45, 2.75) is 209 Å². The van der Waals surface area contributed by atoms with Gasteiger partial charge in [-0.05, 0) is 105 Å². The van der Waals surface area contributed by atoms with Crippen LogP contribution < -0.4 is 11.0 Å². The lowest BCUT2D eigenvalue weighted by Gasteiger charge is -2.49. The standard InChI is InChI=1S/C51H88FN5O15S/c1-15-39-51(10,63)44(59)32(6)56(12)26-28(2)23-49(8,62)46(30(4)42(31(5)47(61)70-39)71-40-24-50(9,67-14)45(60)33(7)69-40)72-48-41(58)37(22-29(3)68-48)55(11)21-20-35-27-57(54-53-35)38(25-52)43(66-13)34-16-18-36(19-17-34)73(64)65/h16-19,27-33,37-46,48,53-54,58-60,62-63,73H,15,20-26H2,1-14H3/t28-,29-,30+,31-,32-,33+,37+,38-,39-,40+,41-,42+,43-,44-,45+,46-,48+,49-,50-,51-/m1/s1. The number of halogens is 1. The van der Waals surface area contributed by atoms with Crippen molar-refractivity contribution in [1.29, 1.82) is 0 Å². The highest BCUT2D eigenvalue weighted by molar-refractivity contribution is 7.72. The zero-order valence-corrected chi connectivity index (χ0v) is 46.2. The van der Waals surface area contributed by atoms with Crippen molar-refractivity contribution in [3.05, 3.63) is 41.7 Å². The number of nitrogens with zero attached hydrogens (tertiary/aromatic N) is 3. The van der Waals surface area contributed by atoms with Gasteiger partial charge in [0.15, 0.2) is 23.3 Å². The number of methoxy groups -OCH3 is 2. The minimum atomic E-state index is -2.77. The van der Waals surface area contributed by atoms with E-state index in [-0.39, 0.29) is 30.1 Å². The van der Waals surface area contributed by atoms with E-state index < -0.39 is 138 Å². The maximum Gasteiger partial charge on any atom is 0.311 e. The zero-order valence-electron chi connectivity index (χ0n) is 45.3. The van der Waals surface area contributed by atoms with Gasteiger partial charge in [-0.15, -0.1) is 5.53 Å². The molecule has 0 bridgehead atoms. The molecular weight excluding hydrogens is 974 g/mol. The van der Waals surface area contributed by atoms with Gasteiger partial charge in [0.2, 0.25) is 0 Å². The molecule has 5 rings (SSSR count). The van der Waals surface area contributed by atoms with Gasteiger partial charge in [-0.3, -0.25) is 9.80 Å². The number of rotatable bonds is 16. The summed E-state index contributed by atoms with van der Waals surface area (Å²) in [4.78, 5) is 18.5. The first-order valence-corrected chi connectivity index (χ1v) is 26.9. The van der Waals surface area contributed by atoms with E-state index in [1.807, 2.05) is 37.7 Å². The van der Waals surface area contributed by atoms with Crippen molar-refractivity contribution < 1.29 is 76.3 Å². The van der Waals surface area contributed by atoms with E-state index in [9.17, 15) is 43.1 Å². The number of likely N-dealkylation sites (N-methyl/N-ethyl adjacent to an activating group) is 2. The maximum atomic E-state index is 14.7. The quantitative estimate of drug-likeness (QED) is 0.0875. The van der Waals surface area contributed by atoms with Crippen LogP contribution in [0.4, 0.5) is 4.39 Å². The lowest BCUT2D eigenvalue weighted by atomic mass is 9.77. The lowest BCUT2D eigenvalue weighted by molar-refractivity contribution is -0.318. The number of aliphatic hydroxyl groups is 5. The Kier molecular flexibility index (Phi) is 21.5. The van der Waals surface area contributed by atoms with Crippen LogP contribution in [0.3, 0.4) is 0 Å². The molecule has 420 valence electrons. The molecule has 0 amide bonds. The summed E-state index contributed by atoms with van der Waals surface area (Å²) in [5.74, 6) is -2.91. The Morgan fingerprint density at radius 3 is 2.22 bits per heavy atom. The Morgan fingerprint density at radius 2 is 1.63 bits per heavy atom. The summed E-state index contributed by atoms with van der Waals surface area (Å²) in [6, 6.07) is 4.20. The Morgan fingerprint density at radius 1 is 0.973 bits per heavy atom. The van der Waals surface area contributed by atoms with Crippen molar-refractivity contribution in [1.82, 2.24) is 25.8 Å². The number of ether oxygens (including phenoxy) is 7. The molecule has 22 heteroatoms. The first kappa shape index (κ1) is 61.2. The molecule has 0 saturated carbocycles. The third kappa shape index (κ3) is 14.3. The van der Waals surface area contributed by atoms with E-state index in [1.165, 1.54) is 33.3 Å². The van der Waals surface area contributed by atoms with Gasteiger partial charge in [0, 0.05) is 70.0 Å². The van der Waals surface area contributed by atoms with Gasteiger partial charge in [0.1, 0.15) is 48.8 Å². The Balaban J connectivity index is 1.43. The molecule has 3 fully saturated rings. The molecule has 0 aromatic heterocycles. The van der Waals surface area contributed by atoms with Crippen LogP contribution in [0, 0.1) is 17.8 Å². The average Bonchev–Trinajstić information content (AvgIpc) is 3.81. The van der Waals surface area contributed by atoms with Crippen molar-refractivity contribution in [2.75, 3.05) is 48.1 Å². The molecule has 7 N–H and O–H groups in total. The minimum Gasteiger partial charge on any atom is -0.459 e. The second-order valence-corrected chi connectivity index (χ2v) is 23.0. The number of alkyl halides is 1. The van der Waals surface area contributed by atoms with Crippen LogP contribution in [0.1, 0.15) is 113 Å². The maximum absolute atomic E-state index is 14.7. The summed E-state index contributed by atoms with van der Waals surface area (Å²) < 4.78 is 81.6. The first-order chi connectivity index (χ1) is 34.1. The Hall–Kier alpha value is -2.65. The number of benzene rings is 1. The average molecular weight is 1060 g/mol. The summed E-state index contributed by atoms with van der Waals surface area (Å²) in [6.45, 7) is 17.4. The first-order valence-electron chi connectivity index (χ1n) is 25.7. The van der Waals surface area contributed by atoms with Crippen LogP contribution in [-0.4, -0.2) is 199 Å². The highest BCUT2D eigenvalue weighted by Gasteiger charge is 2.53. The molecule has 4 aliphatic heterocycles. The number of hydrazine groups is 2. The third-order valence-corrected chi connectivity index (χ3v) is 16.8. The molecule has 0 unspecified atom stereocenters. The second-order valence-electron chi connectivity index (χ2n) is 22.0. The number of nitrogens with one attached hydrogen (secondary N) is 2. The molecule has 0 aliphatic carbocycles. The highest BCUT2D eigenvalue weighted by Crippen LogP contribution is 2.40. The van der Waals surface area contributed by atoms with Crippen LogP contribution in [0.2, 0.25) is 0 Å². The number of carbonyl (C=O) groups excluding carboxylic acids is 1. The van der Waals surface area contributed by atoms with Gasteiger partial charge in [-0.2, -0.15) is 0 Å². The predicted octanol–water partition coefficient (Wildman–Crippen LogP) is 2.52. The molecular formula is C51H88FN5O15S. The van der Waals surface area contributed by atoms with Gasteiger partial charge in [0.25, 0.3) is 0 Å². The monoisotopic (exact) mass is 1060 g/mol. The van der Waals surface area contributed by atoms with Crippen LogP contribution in [0.25, 0.3) is 0 Å². The molecule has 4 aliphatic rings. The fourth-order valence-corrected chi connectivity index (χ4v) is 11.8. The van der Waals surface area contributed by atoms with Crippen molar-refractivity contribution in [3.63, 3.8) is 0 Å². The summed E-state index contributed by atoms with van der Waals surface area (Å²) >= 11 is 0. The number of aliphatic hydroxyl groups excluding tert-OH is 3. The molecule has 20 nitrogen and oxygen atoms in total. The molecule has 20 atom stereocenters. The summed E-state index contributed by atoms with van der Waals surface area (Å²) in [5.41, 5.74) is 2.83. The van der Waals surface area contributed by atoms with Gasteiger partial charge in [-0.1, -0.05) is 32.9 Å². The summed E-state index contributed by atoms with van der Waals surface area (Å²) in [5, 5.41) is 61.3. The second kappa shape index (κ2) is 25.7. The smallest absolute Gasteiger partial charge is 0.311 e.